The smallest absolute Gasteiger partial charge is 0.331 e. The molecule has 2 aromatic carbocycles. The van der Waals surface area contributed by atoms with Crippen LogP contribution in [0.2, 0.25) is 0 Å². The van der Waals surface area contributed by atoms with Gasteiger partial charge in [-0.3, -0.25) is 14.5 Å². The minimum atomic E-state index is -3.70. The van der Waals surface area contributed by atoms with Crippen molar-refractivity contribution in [3.8, 4) is 5.75 Å². The number of rotatable bonds is 7. The zero-order valence-corrected chi connectivity index (χ0v) is 17.2. The second kappa shape index (κ2) is 8.95. The van der Waals surface area contributed by atoms with Gasteiger partial charge >= 0.3 is 5.97 Å². The second-order valence-corrected chi connectivity index (χ2v) is 8.10. The Morgan fingerprint density at radius 3 is 2.60 bits per heavy atom. The molecule has 1 amide bonds. The average Bonchev–Trinajstić information content (AvgIpc) is 3.00. The van der Waals surface area contributed by atoms with Crippen LogP contribution in [-0.4, -0.2) is 45.9 Å². The van der Waals surface area contributed by atoms with E-state index in [4.69, 9.17) is 9.47 Å². The van der Waals surface area contributed by atoms with Crippen molar-refractivity contribution in [2.45, 2.75) is 24.4 Å². The van der Waals surface area contributed by atoms with Crippen molar-refractivity contribution in [3.63, 3.8) is 0 Å². The van der Waals surface area contributed by atoms with Crippen LogP contribution in [0.1, 0.15) is 18.1 Å². The third kappa shape index (κ3) is 4.77. The van der Waals surface area contributed by atoms with Gasteiger partial charge in [-0.2, -0.15) is 0 Å². The summed E-state index contributed by atoms with van der Waals surface area (Å²) in [5, 5.41) is 2.64. The van der Waals surface area contributed by atoms with Crippen LogP contribution in [0.3, 0.4) is 0 Å². The number of benzene rings is 2. The van der Waals surface area contributed by atoms with Crippen LogP contribution < -0.4 is 14.8 Å². The first kappa shape index (κ1) is 21.3. The molecular weight excluding hydrogens is 410 g/mol. The lowest BCUT2D eigenvalue weighted by Gasteiger charge is -2.11. The second-order valence-electron chi connectivity index (χ2n) is 6.45. The van der Waals surface area contributed by atoms with Crippen LogP contribution in [0.5, 0.6) is 5.75 Å². The number of fused-ring (bicyclic) bond motifs is 1. The molecule has 0 spiro atoms. The number of nitrogens with one attached hydrogen (secondary N) is 2. The molecule has 1 aliphatic heterocycles. The predicted octanol–water partition coefficient (Wildman–Crippen LogP) is 0.982. The van der Waals surface area contributed by atoms with Crippen molar-refractivity contribution in [3.05, 3.63) is 59.7 Å². The molecule has 0 fully saturated rings. The average molecular weight is 431 g/mol. The highest BCUT2D eigenvalue weighted by Crippen LogP contribution is 2.22. The van der Waals surface area contributed by atoms with E-state index in [0.29, 0.717) is 11.3 Å². The fourth-order valence-electron chi connectivity index (χ4n) is 2.83. The molecule has 3 rings (SSSR count). The van der Waals surface area contributed by atoms with Crippen LogP contribution >= 0.6 is 0 Å². The Morgan fingerprint density at radius 2 is 1.83 bits per heavy atom. The van der Waals surface area contributed by atoms with Crippen molar-refractivity contribution < 1.29 is 27.5 Å². The Kier molecular flexibility index (Phi) is 6.36. The van der Waals surface area contributed by atoms with Gasteiger partial charge in [-0.05, 0) is 25.1 Å². The lowest BCUT2D eigenvalue weighted by molar-refractivity contribution is -0.149. The SMILES string of the molecule is COc1ccccc1CNC(=O)COC(=O)C(C)N=C1NS(=O)(=O)c2ccccc21. The summed E-state index contributed by atoms with van der Waals surface area (Å²) in [4.78, 5) is 28.4. The van der Waals surface area contributed by atoms with Gasteiger partial charge in [0.2, 0.25) is 0 Å². The molecule has 10 heteroatoms. The van der Waals surface area contributed by atoms with Gasteiger partial charge in [-0.1, -0.05) is 30.3 Å². The van der Waals surface area contributed by atoms with E-state index in [0.717, 1.165) is 5.56 Å². The number of esters is 1. The van der Waals surface area contributed by atoms with Crippen molar-refractivity contribution in [2.75, 3.05) is 13.7 Å². The number of carbonyl (C=O) groups excluding carboxylic acids is 2. The number of hydrogen-bond donors (Lipinski definition) is 2. The van der Waals surface area contributed by atoms with Crippen LogP contribution in [0.15, 0.2) is 58.4 Å². The van der Waals surface area contributed by atoms with Gasteiger partial charge in [0.25, 0.3) is 15.9 Å². The maximum atomic E-state index is 12.2. The molecule has 1 heterocycles. The molecule has 158 valence electrons. The highest BCUT2D eigenvalue weighted by Gasteiger charge is 2.31. The first-order valence-electron chi connectivity index (χ1n) is 9.07. The van der Waals surface area contributed by atoms with Gasteiger partial charge in [0.1, 0.15) is 17.6 Å². The zero-order chi connectivity index (χ0) is 21.7. The fraction of sp³-hybridized carbons (Fsp3) is 0.250. The van der Waals surface area contributed by atoms with E-state index in [2.05, 4.69) is 15.0 Å². The molecule has 9 nitrogen and oxygen atoms in total. The number of aliphatic imine (C=N–C) groups is 1. The minimum absolute atomic E-state index is 0.0654. The Hall–Kier alpha value is -3.40. The highest BCUT2D eigenvalue weighted by molar-refractivity contribution is 7.90. The molecule has 2 aromatic rings. The van der Waals surface area contributed by atoms with Crippen molar-refractivity contribution >= 4 is 27.7 Å². The standard InChI is InChI=1S/C20H21N3O6S/c1-13(22-19-15-8-4-6-10-17(15)30(26,27)23-19)20(25)29-12-18(24)21-11-14-7-3-5-9-16(14)28-2/h3-10,13H,11-12H2,1-2H3,(H,21,24)(H,22,23). The van der Waals surface area contributed by atoms with Crippen LogP contribution in [0.25, 0.3) is 0 Å². The van der Waals surface area contributed by atoms with E-state index in [9.17, 15) is 18.0 Å². The van der Waals surface area contributed by atoms with Crippen molar-refractivity contribution in [1.29, 1.82) is 0 Å². The fourth-order valence-corrected chi connectivity index (χ4v) is 4.07. The zero-order valence-electron chi connectivity index (χ0n) is 16.4. The summed E-state index contributed by atoms with van der Waals surface area (Å²) in [5.74, 6) is -0.534. The van der Waals surface area contributed by atoms with Crippen molar-refractivity contribution in [2.24, 2.45) is 4.99 Å². The largest absolute Gasteiger partial charge is 0.496 e. The maximum Gasteiger partial charge on any atom is 0.331 e. The molecule has 1 atom stereocenters. The van der Waals surface area contributed by atoms with Gasteiger partial charge < -0.3 is 14.8 Å². The number of sulfonamides is 1. The first-order chi connectivity index (χ1) is 14.3. The summed E-state index contributed by atoms with van der Waals surface area (Å²) < 4.78 is 36.7. The van der Waals surface area contributed by atoms with Crippen LogP contribution in [0.4, 0.5) is 0 Å². The van der Waals surface area contributed by atoms with Gasteiger partial charge in [0, 0.05) is 17.7 Å². The molecule has 1 aliphatic rings. The predicted molar refractivity (Wildman–Crippen MR) is 109 cm³/mol. The summed E-state index contributed by atoms with van der Waals surface area (Å²) in [6.45, 7) is 1.19. The van der Waals surface area contributed by atoms with E-state index >= 15 is 0 Å². The molecule has 0 bridgehead atoms. The molecule has 1 unspecified atom stereocenters. The van der Waals surface area contributed by atoms with Gasteiger partial charge in [0.15, 0.2) is 6.61 Å². The van der Waals surface area contributed by atoms with E-state index in [-0.39, 0.29) is 17.3 Å². The van der Waals surface area contributed by atoms with E-state index < -0.39 is 34.5 Å². The summed E-state index contributed by atoms with van der Waals surface area (Å²) in [7, 11) is -2.16. The van der Waals surface area contributed by atoms with Crippen LogP contribution in [-0.2, 0) is 30.9 Å². The van der Waals surface area contributed by atoms with Gasteiger partial charge in [-0.25, -0.2) is 13.2 Å². The maximum absolute atomic E-state index is 12.2. The first-order valence-corrected chi connectivity index (χ1v) is 10.6. The Balaban J connectivity index is 1.55. The minimum Gasteiger partial charge on any atom is -0.496 e. The third-order valence-corrected chi connectivity index (χ3v) is 5.74. The van der Waals surface area contributed by atoms with Gasteiger partial charge in [-0.15, -0.1) is 0 Å². The number of hydrogen-bond acceptors (Lipinski definition) is 7. The summed E-state index contributed by atoms with van der Waals surface area (Å²) in [6, 6.07) is 12.5. The number of carbonyl (C=O) groups is 2. The van der Waals surface area contributed by atoms with E-state index in [1.165, 1.54) is 20.1 Å². The summed E-state index contributed by atoms with van der Waals surface area (Å²) >= 11 is 0. The normalized spacial score (nSPS) is 16.3. The highest BCUT2D eigenvalue weighted by atomic mass is 32.2. The molecular formula is C20H21N3O6S. The number of amidine groups is 1. The molecule has 0 aromatic heterocycles. The topological polar surface area (TPSA) is 123 Å². The van der Waals surface area contributed by atoms with E-state index in [1.54, 1.807) is 24.3 Å². The van der Waals surface area contributed by atoms with Crippen LogP contribution in [0, 0.1) is 0 Å². The third-order valence-electron chi connectivity index (χ3n) is 4.34. The molecule has 0 saturated carbocycles. The summed E-state index contributed by atoms with van der Waals surface area (Å²) in [5.41, 5.74) is 1.17. The number of amides is 1. The van der Waals surface area contributed by atoms with Gasteiger partial charge in [0.05, 0.1) is 12.0 Å². The molecule has 0 radical (unpaired) electrons. The number of methoxy groups -OCH3 is 1. The quantitative estimate of drug-likeness (QED) is 0.630. The molecule has 0 aliphatic carbocycles. The monoisotopic (exact) mass is 431 g/mol. The summed E-state index contributed by atoms with van der Waals surface area (Å²) in [6.07, 6.45) is 0. The van der Waals surface area contributed by atoms with Crippen molar-refractivity contribution in [1.82, 2.24) is 10.0 Å². The number of ether oxygens (including phenoxy) is 2. The van der Waals surface area contributed by atoms with E-state index in [1.807, 2.05) is 18.2 Å². The number of para-hydroxylation sites is 1. The lowest BCUT2D eigenvalue weighted by atomic mass is 10.2. The Morgan fingerprint density at radius 1 is 1.13 bits per heavy atom. The number of nitrogens with zero attached hydrogens (tertiary/aromatic N) is 1. The lowest BCUT2D eigenvalue weighted by Crippen LogP contribution is -2.31. The molecule has 0 saturated heterocycles. The Bertz CT molecular complexity index is 1100. The Labute approximate surface area is 174 Å². The molecule has 2 N–H and O–H groups in total. The molecule has 30 heavy (non-hydrogen) atoms.